The molecule has 164 valence electrons. The average molecular weight is 468 g/mol. The highest BCUT2D eigenvalue weighted by atomic mass is 35.5. The van der Waals surface area contributed by atoms with Crippen LogP contribution >= 0.6 is 34.8 Å². The quantitative estimate of drug-likeness (QED) is 0.327. The monoisotopic (exact) mass is 466 g/mol. The summed E-state index contributed by atoms with van der Waals surface area (Å²) in [7, 11) is 0. The van der Waals surface area contributed by atoms with E-state index in [2.05, 4.69) is 5.32 Å². The lowest BCUT2D eigenvalue weighted by molar-refractivity contribution is -0.137. The molecule has 0 bridgehead atoms. The average Bonchev–Trinajstić information content (AvgIpc) is 2.99. The molecule has 1 aliphatic heterocycles. The molecule has 1 aliphatic rings. The van der Waals surface area contributed by atoms with E-state index in [1.54, 1.807) is 12.1 Å². The zero-order valence-electron chi connectivity index (χ0n) is 16.4. The molecule has 29 heavy (non-hydrogen) atoms. The predicted octanol–water partition coefficient (Wildman–Crippen LogP) is 5.61. The molecule has 6 nitrogen and oxygen atoms in total. The third-order valence-electron chi connectivity index (χ3n) is 5.12. The van der Waals surface area contributed by atoms with Crippen molar-refractivity contribution < 1.29 is 19.8 Å². The van der Waals surface area contributed by atoms with Gasteiger partial charge in [0, 0.05) is 17.5 Å². The van der Waals surface area contributed by atoms with Crippen LogP contribution in [0.15, 0.2) is 12.1 Å². The van der Waals surface area contributed by atoms with Crippen molar-refractivity contribution in [2.75, 3.05) is 13.3 Å². The summed E-state index contributed by atoms with van der Waals surface area (Å²) >= 11 is 18.1. The Kier molecular flexibility index (Phi) is 10.8. The zero-order chi connectivity index (χ0) is 21.2. The maximum Gasteiger partial charge on any atom is 0.303 e. The van der Waals surface area contributed by atoms with Gasteiger partial charge in [-0.3, -0.25) is 10.1 Å². The second kappa shape index (κ2) is 12.8. The number of hydrogen-bond donors (Lipinski definition) is 3. The van der Waals surface area contributed by atoms with Crippen LogP contribution < -0.4 is 10.1 Å². The molecule has 2 unspecified atom stereocenters. The van der Waals surface area contributed by atoms with E-state index in [0.29, 0.717) is 34.1 Å². The van der Waals surface area contributed by atoms with Gasteiger partial charge < -0.3 is 15.1 Å². The van der Waals surface area contributed by atoms with Gasteiger partial charge in [-0.15, -0.1) is 0 Å². The first kappa shape index (κ1) is 24.5. The maximum absolute atomic E-state index is 10.5. The highest BCUT2D eigenvalue weighted by molar-refractivity contribution is 6.40. The Bertz CT molecular complexity index is 640. The SMILES string of the molecule is O=C(O)CCCCCCC1NCN(O)C1CCCCOc1c(Cl)cc(Cl)cc1Cl. The molecule has 0 spiro atoms. The minimum atomic E-state index is -0.733. The minimum Gasteiger partial charge on any atom is -0.490 e. The number of aliphatic carboxylic acids is 1. The van der Waals surface area contributed by atoms with Crippen molar-refractivity contribution in [3.8, 4) is 5.75 Å². The molecule has 1 aromatic carbocycles. The molecule has 0 radical (unpaired) electrons. The van der Waals surface area contributed by atoms with Gasteiger partial charge in [0.2, 0.25) is 0 Å². The molecule has 3 N–H and O–H groups in total. The molecule has 0 aromatic heterocycles. The van der Waals surface area contributed by atoms with E-state index in [4.69, 9.17) is 44.6 Å². The Morgan fingerprint density at radius 1 is 1.07 bits per heavy atom. The van der Waals surface area contributed by atoms with Crippen molar-refractivity contribution in [2.45, 2.75) is 69.9 Å². The number of rotatable bonds is 13. The van der Waals surface area contributed by atoms with Crippen LogP contribution in [0.25, 0.3) is 0 Å². The summed E-state index contributed by atoms with van der Waals surface area (Å²) in [5.41, 5.74) is 0. The van der Waals surface area contributed by atoms with E-state index in [1.807, 2.05) is 0 Å². The van der Waals surface area contributed by atoms with Gasteiger partial charge in [0.05, 0.1) is 29.4 Å². The first-order valence-corrected chi connectivity index (χ1v) is 11.2. The summed E-state index contributed by atoms with van der Waals surface area (Å²) in [6, 6.07) is 3.53. The van der Waals surface area contributed by atoms with Crippen LogP contribution in [-0.4, -0.2) is 46.7 Å². The van der Waals surface area contributed by atoms with E-state index < -0.39 is 5.97 Å². The van der Waals surface area contributed by atoms with Crippen molar-refractivity contribution in [2.24, 2.45) is 0 Å². The number of nitrogens with one attached hydrogen (secondary N) is 1. The lowest BCUT2D eigenvalue weighted by Gasteiger charge is -2.22. The van der Waals surface area contributed by atoms with Gasteiger partial charge in [-0.2, -0.15) is 5.06 Å². The number of carbonyl (C=O) groups is 1. The van der Waals surface area contributed by atoms with Crippen LogP contribution in [0.4, 0.5) is 0 Å². The van der Waals surface area contributed by atoms with Crippen molar-refractivity contribution in [1.82, 2.24) is 10.4 Å². The summed E-state index contributed by atoms with van der Waals surface area (Å²) in [5, 5.41) is 24.8. The van der Waals surface area contributed by atoms with E-state index in [-0.39, 0.29) is 18.5 Å². The highest BCUT2D eigenvalue weighted by Gasteiger charge is 2.31. The third kappa shape index (κ3) is 8.48. The molecular formula is C20H29Cl3N2O4. The molecule has 1 fully saturated rings. The molecule has 2 rings (SSSR count). The summed E-state index contributed by atoms with van der Waals surface area (Å²) in [4.78, 5) is 10.5. The lowest BCUT2D eigenvalue weighted by atomic mass is 9.97. The van der Waals surface area contributed by atoms with Crippen molar-refractivity contribution in [1.29, 1.82) is 0 Å². The number of unbranched alkanes of at least 4 members (excludes halogenated alkanes) is 4. The number of halogens is 3. The standard InChI is InChI=1S/C20H29Cl3N2O4/c21-14-11-15(22)20(16(23)12-14)29-10-6-5-8-18-17(24-13-25(18)28)7-3-1-2-4-9-19(26)27/h11-12,17-18,24,28H,1-10,13H2,(H,26,27). The number of nitrogens with zero attached hydrogens (tertiary/aromatic N) is 1. The van der Waals surface area contributed by atoms with Crippen LogP contribution in [0.1, 0.15) is 57.8 Å². The van der Waals surface area contributed by atoms with Crippen LogP contribution in [-0.2, 0) is 4.79 Å². The Balaban J connectivity index is 1.64. The van der Waals surface area contributed by atoms with Gasteiger partial charge >= 0.3 is 5.97 Å². The second-order valence-electron chi connectivity index (χ2n) is 7.36. The van der Waals surface area contributed by atoms with E-state index in [1.165, 1.54) is 5.06 Å². The molecule has 9 heteroatoms. The van der Waals surface area contributed by atoms with Gasteiger partial charge in [0.15, 0.2) is 5.75 Å². The number of carboxylic acid groups (broad SMARTS) is 1. The topological polar surface area (TPSA) is 82.0 Å². The van der Waals surface area contributed by atoms with Gasteiger partial charge in [0.25, 0.3) is 0 Å². The number of hydrogen-bond acceptors (Lipinski definition) is 5. The summed E-state index contributed by atoms with van der Waals surface area (Å²) in [5.74, 6) is -0.284. The smallest absolute Gasteiger partial charge is 0.303 e. The zero-order valence-corrected chi connectivity index (χ0v) is 18.6. The summed E-state index contributed by atoms with van der Waals surface area (Å²) in [6.45, 7) is 0.960. The molecule has 1 aromatic rings. The Labute approximate surface area is 187 Å². The van der Waals surface area contributed by atoms with Crippen LogP contribution in [0.5, 0.6) is 5.75 Å². The van der Waals surface area contributed by atoms with E-state index in [0.717, 1.165) is 51.4 Å². The summed E-state index contributed by atoms with van der Waals surface area (Å²) in [6.07, 6.45) is 7.49. The fourth-order valence-corrected chi connectivity index (χ4v) is 4.53. The van der Waals surface area contributed by atoms with Crippen molar-refractivity contribution >= 4 is 40.8 Å². The van der Waals surface area contributed by atoms with Crippen molar-refractivity contribution in [3.05, 3.63) is 27.2 Å². The molecular weight excluding hydrogens is 439 g/mol. The predicted molar refractivity (Wildman–Crippen MR) is 115 cm³/mol. The number of hydroxylamine groups is 2. The van der Waals surface area contributed by atoms with Gasteiger partial charge in [-0.25, -0.2) is 0 Å². The first-order chi connectivity index (χ1) is 13.9. The normalized spacial score (nSPS) is 19.6. The Morgan fingerprint density at radius 2 is 1.72 bits per heavy atom. The van der Waals surface area contributed by atoms with Gasteiger partial charge in [-0.1, -0.05) is 54.1 Å². The lowest BCUT2D eigenvalue weighted by Crippen LogP contribution is -2.34. The van der Waals surface area contributed by atoms with Crippen molar-refractivity contribution in [3.63, 3.8) is 0 Å². The minimum absolute atomic E-state index is 0.0803. The second-order valence-corrected chi connectivity index (χ2v) is 8.62. The third-order valence-corrected chi connectivity index (χ3v) is 5.90. The first-order valence-electron chi connectivity index (χ1n) is 10.1. The van der Waals surface area contributed by atoms with Gasteiger partial charge in [-0.05, 0) is 44.2 Å². The fourth-order valence-electron chi connectivity index (χ4n) is 3.61. The fraction of sp³-hybridized carbons (Fsp3) is 0.650. The molecule has 1 heterocycles. The van der Waals surface area contributed by atoms with Crippen LogP contribution in [0, 0.1) is 0 Å². The van der Waals surface area contributed by atoms with Crippen LogP contribution in [0.3, 0.4) is 0 Å². The number of ether oxygens (including phenoxy) is 1. The van der Waals surface area contributed by atoms with E-state index >= 15 is 0 Å². The molecule has 0 aliphatic carbocycles. The summed E-state index contributed by atoms with van der Waals surface area (Å²) < 4.78 is 5.70. The largest absolute Gasteiger partial charge is 0.490 e. The number of carboxylic acids is 1. The molecule has 1 saturated heterocycles. The molecule has 0 amide bonds. The molecule has 0 saturated carbocycles. The van der Waals surface area contributed by atoms with Crippen LogP contribution in [0.2, 0.25) is 15.1 Å². The Hall–Kier alpha value is -0.760. The molecule has 2 atom stereocenters. The Morgan fingerprint density at radius 3 is 2.41 bits per heavy atom. The number of benzene rings is 1. The van der Waals surface area contributed by atoms with E-state index in [9.17, 15) is 10.0 Å². The highest BCUT2D eigenvalue weighted by Crippen LogP contribution is 2.36. The maximum atomic E-state index is 10.5. The van der Waals surface area contributed by atoms with Gasteiger partial charge in [0.1, 0.15) is 0 Å².